The highest BCUT2D eigenvalue weighted by atomic mass is 35.5. The lowest BCUT2D eigenvalue weighted by atomic mass is 10.1. The first-order valence-corrected chi connectivity index (χ1v) is 6.62. The first-order chi connectivity index (χ1) is 9.87. The number of rotatable bonds is 4. The summed E-state index contributed by atoms with van der Waals surface area (Å²) in [6, 6.07) is -0.129. The summed E-state index contributed by atoms with van der Waals surface area (Å²) < 4.78 is 38.1. The molecule has 0 aromatic carbocycles. The summed E-state index contributed by atoms with van der Waals surface area (Å²) in [5.74, 6) is 0.152. The number of hydrogen-bond donors (Lipinski definition) is 2. The van der Waals surface area contributed by atoms with Gasteiger partial charge in [0, 0.05) is 39.1 Å². The molecule has 1 fully saturated rings. The van der Waals surface area contributed by atoms with E-state index in [-0.39, 0.29) is 25.0 Å². The zero-order valence-electron chi connectivity index (χ0n) is 12.1. The van der Waals surface area contributed by atoms with Crippen LogP contribution in [0.1, 0.15) is 11.9 Å². The maximum Gasteiger partial charge on any atom is 0.405 e. The van der Waals surface area contributed by atoms with Crippen molar-refractivity contribution in [2.24, 2.45) is 7.05 Å². The number of hydrogen-bond acceptors (Lipinski definition) is 4. The number of halogens is 4. The Bertz CT molecular complexity index is 493. The Balaban J connectivity index is 0.00000242. The molecule has 1 saturated heterocycles. The van der Waals surface area contributed by atoms with Gasteiger partial charge in [-0.1, -0.05) is 0 Å². The second-order valence-electron chi connectivity index (χ2n) is 4.98. The van der Waals surface area contributed by atoms with Crippen LogP contribution < -0.4 is 10.6 Å². The Kier molecular flexibility index (Phi) is 6.64. The average Bonchev–Trinajstić information content (AvgIpc) is 2.82. The third kappa shape index (κ3) is 5.15. The molecule has 0 radical (unpaired) electrons. The van der Waals surface area contributed by atoms with Gasteiger partial charge in [0.25, 0.3) is 0 Å². The number of imidazole rings is 1. The average molecular weight is 342 g/mol. The lowest BCUT2D eigenvalue weighted by Crippen LogP contribution is -2.50. The molecule has 0 spiro atoms. The largest absolute Gasteiger partial charge is 0.405 e. The zero-order chi connectivity index (χ0) is 15.5. The standard InChI is InChI=1S/C12H18F3N5O.ClH/c1-19-4-3-17-11(19)9-6-16-2-5-20(9)7-10(21)18-8-12(13,14)15;/h3-4,9,16H,2,5-8H2,1H3,(H,18,21);1H. The van der Waals surface area contributed by atoms with Crippen LogP contribution in [0, 0.1) is 0 Å². The molecule has 126 valence electrons. The second kappa shape index (κ2) is 7.80. The molecule has 1 aromatic rings. The molecule has 2 N–H and O–H groups in total. The summed E-state index contributed by atoms with van der Waals surface area (Å²) >= 11 is 0. The van der Waals surface area contributed by atoms with Gasteiger partial charge < -0.3 is 15.2 Å². The number of carbonyl (C=O) groups excluding carboxylic acids is 1. The minimum absolute atomic E-state index is 0. The fourth-order valence-electron chi connectivity index (χ4n) is 2.33. The van der Waals surface area contributed by atoms with E-state index in [1.807, 2.05) is 21.8 Å². The molecule has 0 saturated carbocycles. The SMILES string of the molecule is Cl.Cn1ccnc1C1CNCCN1CC(=O)NCC(F)(F)F. The van der Waals surface area contributed by atoms with Crippen LogP contribution in [0.3, 0.4) is 0 Å². The van der Waals surface area contributed by atoms with E-state index >= 15 is 0 Å². The predicted molar refractivity (Wildman–Crippen MR) is 76.7 cm³/mol. The number of alkyl halides is 3. The molecule has 1 atom stereocenters. The van der Waals surface area contributed by atoms with E-state index < -0.39 is 18.6 Å². The molecule has 1 unspecified atom stereocenters. The molecular weight excluding hydrogens is 323 g/mol. The molecule has 2 heterocycles. The van der Waals surface area contributed by atoms with Crippen molar-refractivity contribution in [3.8, 4) is 0 Å². The fourth-order valence-corrected chi connectivity index (χ4v) is 2.33. The molecule has 1 aliphatic heterocycles. The first kappa shape index (κ1) is 18.7. The van der Waals surface area contributed by atoms with Gasteiger partial charge in [0.05, 0.1) is 12.6 Å². The lowest BCUT2D eigenvalue weighted by molar-refractivity contribution is -0.139. The van der Waals surface area contributed by atoms with Gasteiger partial charge >= 0.3 is 6.18 Å². The number of aryl methyl sites for hydroxylation is 1. The summed E-state index contributed by atoms with van der Waals surface area (Å²) in [7, 11) is 1.85. The Morgan fingerprint density at radius 2 is 2.27 bits per heavy atom. The van der Waals surface area contributed by atoms with Crippen LogP contribution in [0.15, 0.2) is 12.4 Å². The zero-order valence-corrected chi connectivity index (χ0v) is 12.9. The molecule has 1 aromatic heterocycles. The number of carbonyl (C=O) groups is 1. The van der Waals surface area contributed by atoms with Crippen LogP contribution in [0.5, 0.6) is 0 Å². The third-order valence-electron chi connectivity index (χ3n) is 3.34. The van der Waals surface area contributed by atoms with E-state index in [1.165, 1.54) is 0 Å². The number of aromatic nitrogens is 2. The minimum Gasteiger partial charge on any atom is -0.346 e. The van der Waals surface area contributed by atoms with Crippen molar-refractivity contribution in [3.63, 3.8) is 0 Å². The van der Waals surface area contributed by atoms with E-state index in [0.29, 0.717) is 19.6 Å². The summed E-state index contributed by atoms with van der Waals surface area (Å²) in [6.45, 7) is 0.502. The van der Waals surface area contributed by atoms with Gasteiger partial charge in [-0.2, -0.15) is 13.2 Å². The van der Waals surface area contributed by atoms with Crippen LogP contribution in [-0.4, -0.2) is 59.3 Å². The van der Waals surface area contributed by atoms with Crippen LogP contribution in [-0.2, 0) is 11.8 Å². The van der Waals surface area contributed by atoms with E-state index in [4.69, 9.17) is 0 Å². The number of amides is 1. The molecule has 0 aliphatic carbocycles. The second-order valence-corrected chi connectivity index (χ2v) is 4.98. The van der Waals surface area contributed by atoms with Gasteiger partial charge in [0.1, 0.15) is 12.4 Å². The molecular formula is C12H19ClF3N5O. The lowest BCUT2D eigenvalue weighted by Gasteiger charge is -2.35. The highest BCUT2D eigenvalue weighted by Crippen LogP contribution is 2.20. The number of nitrogens with zero attached hydrogens (tertiary/aromatic N) is 3. The van der Waals surface area contributed by atoms with Gasteiger partial charge in [-0.05, 0) is 0 Å². The van der Waals surface area contributed by atoms with E-state index in [1.54, 1.807) is 12.4 Å². The van der Waals surface area contributed by atoms with E-state index in [2.05, 4.69) is 10.3 Å². The van der Waals surface area contributed by atoms with Crippen molar-refractivity contribution in [2.75, 3.05) is 32.7 Å². The van der Waals surface area contributed by atoms with Gasteiger partial charge in [-0.15, -0.1) is 12.4 Å². The summed E-state index contributed by atoms with van der Waals surface area (Å²) in [6.07, 6.45) is -0.935. The molecule has 0 bridgehead atoms. The van der Waals surface area contributed by atoms with Crippen molar-refractivity contribution < 1.29 is 18.0 Å². The van der Waals surface area contributed by atoms with Gasteiger partial charge in [-0.25, -0.2) is 4.98 Å². The van der Waals surface area contributed by atoms with Crippen LogP contribution >= 0.6 is 12.4 Å². The molecule has 22 heavy (non-hydrogen) atoms. The van der Waals surface area contributed by atoms with Gasteiger partial charge in [0.2, 0.25) is 5.91 Å². The topological polar surface area (TPSA) is 62.2 Å². The number of piperazine rings is 1. The van der Waals surface area contributed by atoms with Crippen LogP contribution in [0.25, 0.3) is 0 Å². The summed E-state index contributed by atoms with van der Waals surface area (Å²) in [5.41, 5.74) is 0. The van der Waals surface area contributed by atoms with Gasteiger partial charge in [0.15, 0.2) is 0 Å². The quantitative estimate of drug-likeness (QED) is 0.835. The van der Waals surface area contributed by atoms with Crippen molar-refractivity contribution in [1.82, 2.24) is 25.1 Å². The smallest absolute Gasteiger partial charge is 0.346 e. The highest BCUT2D eigenvalue weighted by Gasteiger charge is 2.30. The fraction of sp³-hybridized carbons (Fsp3) is 0.667. The Morgan fingerprint density at radius 3 is 2.86 bits per heavy atom. The molecule has 1 aliphatic rings. The van der Waals surface area contributed by atoms with Crippen molar-refractivity contribution in [3.05, 3.63) is 18.2 Å². The summed E-state index contributed by atoms with van der Waals surface area (Å²) in [4.78, 5) is 17.7. The maximum atomic E-state index is 12.1. The Morgan fingerprint density at radius 1 is 1.55 bits per heavy atom. The monoisotopic (exact) mass is 341 g/mol. The van der Waals surface area contributed by atoms with Crippen LogP contribution in [0.2, 0.25) is 0 Å². The van der Waals surface area contributed by atoms with E-state index in [9.17, 15) is 18.0 Å². The molecule has 1 amide bonds. The Hall–Kier alpha value is -1.32. The molecule has 6 nitrogen and oxygen atoms in total. The normalized spacial score (nSPS) is 19.5. The highest BCUT2D eigenvalue weighted by molar-refractivity contribution is 5.85. The first-order valence-electron chi connectivity index (χ1n) is 6.62. The van der Waals surface area contributed by atoms with Gasteiger partial charge in [-0.3, -0.25) is 9.69 Å². The molecule has 2 rings (SSSR count). The Labute approximate surface area is 132 Å². The summed E-state index contributed by atoms with van der Waals surface area (Å²) in [5, 5.41) is 5.10. The van der Waals surface area contributed by atoms with Crippen molar-refractivity contribution >= 4 is 18.3 Å². The minimum atomic E-state index is -4.39. The van der Waals surface area contributed by atoms with E-state index in [0.717, 1.165) is 5.82 Å². The third-order valence-corrected chi connectivity index (χ3v) is 3.34. The predicted octanol–water partition coefficient (Wildman–Crippen LogP) is 0.467. The number of nitrogens with one attached hydrogen (secondary N) is 2. The van der Waals surface area contributed by atoms with Crippen LogP contribution in [0.4, 0.5) is 13.2 Å². The maximum absolute atomic E-state index is 12.1. The van der Waals surface area contributed by atoms with Crippen molar-refractivity contribution in [1.29, 1.82) is 0 Å². The van der Waals surface area contributed by atoms with Crippen molar-refractivity contribution in [2.45, 2.75) is 12.2 Å². The molecule has 10 heteroatoms.